The summed E-state index contributed by atoms with van der Waals surface area (Å²) in [6, 6.07) is 3.68. The summed E-state index contributed by atoms with van der Waals surface area (Å²) in [6.45, 7) is 0.0412. The zero-order valence-corrected chi connectivity index (χ0v) is 9.95. The number of furan rings is 1. The molecule has 0 saturated heterocycles. The molecule has 2 rings (SSSR count). The Morgan fingerprint density at radius 1 is 1.47 bits per heavy atom. The van der Waals surface area contributed by atoms with Gasteiger partial charge in [-0.25, -0.2) is 0 Å². The van der Waals surface area contributed by atoms with Crippen LogP contribution in [0, 0.1) is 0 Å². The molecule has 2 N–H and O–H groups in total. The van der Waals surface area contributed by atoms with E-state index in [2.05, 4.69) is 5.32 Å². The fraction of sp³-hybridized carbons (Fsp3) is 0.615. The van der Waals surface area contributed by atoms with Crippen LogP contribution < -0.4 is 5.32 Å². The van der Waals surface area contributed by atoms with Crippen molar-refractivity contribution in [3.63, 3.8) is 0 Å². The third-order valence-corrected chi connectivity index (χ3v) is 3.45. The molecule has 0 unspecified atom stereocenters. The van der Waals surface area contributed by atoms with Gasteiger partial charge in [-0.3, -0.25) is 4.79 Å². The van der Waals surface area contributed by atoms with Crippen LogP contribution in [0.1, 0.15) is 37.9 Å². The molecule has 4 heteroatoms. The highest BCUT2D eigenvalue weighted by molar-refractivity contribution is 5.77. The van der Waals surface area contributed by atoms with Crippen molar-refractivity contribution in [3.05, 3.63) is 24.2 Å². The van der Waals surface area contributed by atoms with Gasteiger partial charge in [0.15, 0.2) is 0 Å². The maximum atomic E-state index is 11.8. The number of aliphatic hydroxyl groups is 1. The van der Waals surface area contributed by atoms with E-state index in [1.165, 1.54) is 0 Å². The van der Waals surface area contributed by atoms with E-state index in [0.717, 1.165) is 31.4 Å². The molecule has 1 amide bonds. The number of amides is 1. The molecule has 1 aliphatic carbocycles. The quantitative estimate of drug-likeness (QED) is 0.818. The summed E-state index contributed by atoms with van der Waals surface area (Å²) in [5.41, 5.74) is -0.361. The predicted octanol–water partition coefficient (Wildman–Crippen LogP) is 1.63. The Labute approximate surface area is 101 Å². The molecule has 0 aromatic carbocycles. The van der Waals surface area contributed by atoms with E-state index in [9.17, 15) is 9.90 Å². The van der Waals surface area contributed by atoms with Crippen molar-refractivity contribution in [1.29, 1.82) is 0 Å². The number of aryl methyl sites for hydroxylation is 1. The van der Waals surface area contributed by atoms with Gasteiger partial charge in [0.05, 0.1) is 18.4 Å². The molecule has 17 heavy (non-hydrogen) atoms. The second-order valence-electron chi connectivity index (χ2n) is 4.77. The molecule has 1 aromatic heterocycles. The van der Waals surface area contributed by atoms with Crippen LogP contribution in [0.2, 0.25) is 0 Å². The second-order valence-corrected chi connectivity index (χ2v) is 4.77. The molecule has 4 nitrogen and oxygen atoms in total. The summed E-state index contributed by atoms with van der Waals surface area (Å²) >= 11 is 0. The highest BCUT2D eigenvalue weighted by atomic mass is 16.3. The van der Waals surface area contributed by atoms with E-state index in [4.69, 9.17) is 4.42 Å². The Morgan fingerprint density at radius 2 is 2.24 bits per heavy atom. The molecule has 1 fully saturated rings. The molecule has 1 heterocycles. The van der Waals surface area contributed by atoms with Crippen molar-refractivity contribution in [1.82, 2.24) is 5.32 Å². The molecule has 1 saturated carbocycles. The molecular formula is C13H19NO3. The third-order valence-electron chi connectivity index (χ3n) is 3.45. The maximum Gasteiger partial charge on any atom is 0.220 e. The smallest absolute Gasteiger partial charge is 0.220 e. The molecule has 1 aromatic rings. The molecule has 0 radical (unpaired) electrons. The lowest BCUT2D eigenvalue weighted by Crippen LogP contribution is -2.49. The topological polar surface area (TPSA) is 62.5 Å². The highest BCUT2D eigenvalue weighted by Gasteiger charge is 2.34. The van der Waals surface area contributed by atoms with Crippen LogP contribution in [0.5, 0.6) is 0 Å². The molecule has 0 aliphatic heterocycles. The monoisotopic (exact) mass is 237 g/mol. The van der Waals surface area contributed by atoms with Crippen LogP contribution in [0.3, 0.4) is 0 Å². The number of rotatable bonds is 5. The number of nitrogens with one attached hydrogen (secondary N) is 1. The fourth-order valence-corrected chi connectivity index (χ4v) is 2.42. The van der Waals surface area contributed by atoms with Crippen molar-refractivity contribution < 1.29 is 14.3 Å². The van der Waals surface area contributed by atoms with E-state index in [0.29, 0.717) is 12.8 Å². The minimum Gasteiger partial charge on any atom is -0.469 e. The number of aliphatic hydroxyl groups excluding tert-OH is 1. The SMILES string of the molecule is O=C(CCc1ccco1)NC1(CO)CCCC1. The van der Waals surface area contributed by atoms with Crippen molar-refractivity contribution in [2.75, 3.05) is 6.61 Å². The summed E-state index contributed by atoms with van der Waals surface area (Å²) in [5, 5.41) is 12.4. The van der Waals surface area contributed by atoms with Gasteiger partial charge in [-0.15, -0.1) is 0 Å². The summed E-state index contributed by atoms with van der Waals surface area (Å²) < 4.78 is 5.18. The molecule has 94 valence electrons. The Morgan fingerprint density at radius 3 is 2.82 bits per heavy atom. The molecular weight excluding hydrogens is 218 g/mol. The van der Waals surface area contributed by atoms with Crippen molar-refractivity contribution >= 4 is 5.91 Å². The molecule has 0 spiro atoms. The van der Waals surface area contributed by atoms with Gasteiger partial charge >= 0.3 is 0 Å². The lowest BCUT2D eigenvalue weighted by Gasteiger charge is -2.27. The van der Waals surface area contributed by atoms with Gasteiger partial charge < -0.3 is 14.8 Å². The maximum absolute atomic E-state index is 11.8. The zero-order valence-electron chi connectivity index (χ0n) is 9.95. The number of hydrogen-bond donors (Lipinski definition) is 2. The Balaban J connectivity index is 1.80. The van der Waals surface area contributed by atoms with E-state index in [1.54, 1.807) is 6.26 Å². The first kappa shape index (κ1) is 12.2. The van der Waals surface area contributed by atoms with Crippen LogP contribution in [0.25, 0.3) is 0 Å². The minimum absolute atomic E-state index is 0.00245. The standard InChI is InChI=1S/C13H19NO3/c15-10-13(7-1-2-8-13)14-12(16)6-5-11-4-3-9-17-11/h3-4,9,15H,1-2,5-8,10H2,(H,14,16). The highest BCUT2D eigenvalue weighted by Crippen LogP contribution is 2.29. The largest absolute Gasteiger partial charge is 0.469 e. The third kappa shape index (κ3) is 3.09. The first-order valence-corrected chi connectivity index (χ1v) is 6.18. The van der Waals surface area contributed by atoms with Gasteiger partial charge in [0.1, 0.15) is 5.76 Å². The van der Waals surface area contributed by atoms with Crippen molar-refractivity contribution in [2.24, 2.45) is 0 Å². The summed E-state index contributed by atoms with van der Waals surface area (Å²) in [4.78, 5) is 11.8. The second kappa shape index (κ2) is 5.36. The number of carbonyl (C=O) groups excluding carboxylic acids is 1. The van der Waals surface area contributed by atoms with Crippen molar-refractivity contribution in [3.8, 4) is 0 Å². The van der Waals surface area contributed by atoms with Crippen molar-refractivity contribution in [2.45, 2.75) is 44.1 Å². The summed E-state index contributed by atoms with van der Waals surface area (Å²) in [6.07, 6.45) is 6.57. The number of carbonyl (C=O) groups is 1. The van der Waals surface area contributed by atoms with Gasteiger partial charge in [0, 0.05) is 12.8 Å². The Hall–Kier alpha value is -1.29. The van der Waals surface area contributed by atoms with E-state index >= 15 is 0 Å². The van der Waals surface area contributed by atoms with E-state index in [-0.39, 0.29) is 18.1 Å². The average molecular weight is 237 g/mol. The van der Waals surface area contributed by atoms with E-state index in [1.807, 2.05) is 12.1 Å². The Bertz CT molecular complexity index is 353. The average Bonchev–Trinajstić information content (AvgIpc) is 2.98. The normalized spacial score (nSPS) is 18.2. The lowest BCUT2D eigenvalue weighted by molar-refractivity contribution is -0.123. The Kier molecular flexibility index (Phi) is 3.84. The molecule has 0 bridgehead atoms. The van der Waals surface area contributed by atoms with Gasteiger partial charge in [0.2, 0.25) is 5.91 Å². The van der Waals surface area contributed by atoms with Gasteiger partial charge in [-0.05, 0) is 25.0 Å². The van der Waals surface area contributed by atoms with Crippen LogP contribution >= 0.6 is 0 Å². The summed E-state index contributed by atoms with van der Waals surface area (Å²) in [7, 11) is 0. The fourth-order valence-electron chi connectivity index (χ4n) is 2.42. The first-order valence-electron chi connectivity index (χ1n) is 6.18. The van der Waals surface area contributed by atoms with Crippen LogP contribution in [-0.2, 0) is 11.2 Å². The van der Waals surface area contributed by atoms with Gasteiger partial charge in [-0.2, -0.15) is 0 Å². The zero-order chi connectivity index (χ0) is 12.1. The van der Waals surface area contributed by atoms with Crippen LogP contribution in [0.4, 0.5) is 0 Å². The van der Waals surface area contributed by atoms with Crippen LogP contribution in [-0.4, -0.2) is 23.2 Å². The summed E-state index contributed by atoms with van der Waals surface area (Å²) in [5.74, 6) is 0.821. The van der Waals surface area contributed by atoms with E-state index < -0.39 is 0 Å². The predicted molar refractivity (Wildman–Crippen MR) is 63.5 cm³/mol. The number of hydrogen-bond acceptors (Lipinski definition) is 3. The van der Waals surface area contributed by atoms with Crippen LogP contribution in [0.15, 0.2) is 22.8 Å². The lowest BCUT2D eigenvalue weighted by atomic mass is 9.98. The molecule has 0 atom stereocenters. The minimum atomic E-state index is -0.361. The molecule has 1 aliphatic rings. The van der Waals surface area contributed by atoms with Gasteiger partial charge in [0.25, 0.3) is 0 Å². The van der Waals surface area contributed by atoms with Gasteiger partial charge in [-0.1, -0.05) is 12.8 Å². The first-order chi connectivity index (χ1) is 8.24.